The van der Waals surface area contributed by atoms with Crippen LogP contribution in [0, 0.1) is 0 Å². The first-order chi connectivity index (χ1) is 13.5. The zero-order chi connectivity index (χ0) is 19.8. The molecule has 0 spiro atoms. The number of carbonyl (C=O) groups excluding carboxylic acids is 1. The summed E-state index contributed by atoms with van der Waals surface area (Å²) in [5.74, 6) is -0.0445. The summed E-state index contributed by atoms with van der Waals surface area (Å²) in [5, 5.41) is 10.6. The van der Waals surface area contributed by atoms with Crippen molar-refractivity contribution in [3.63, 3.8) is 0 Å². The van der Waals surface area contributed by atoms with Gasteiger partial charge in [-0.15, -0.1) is 0 Å². The molecule has 0 atom stereocenters. The Balaban J connectivity index is 2.14. The van der Waals surface area contributed by atoms with E-state index in [9.17, 15) is 14.7 Å². The lowest BCUT2D eigenvalue weighted by molar-refractivity contribution is -0.254. The number of rotatable bonds is 3. The van der Waals surface area contributed by atoms with Crippen molar-refractivity contribution in [3.8, 4) is 28.2 Å². The first-order valence-electron chi connectivity index (χ1n) is 8.81. The molecule has 28 heavy (non-hydrogen) atoms. The van der Waals surface area contributed by atoms with Gasteiger partial charge < -0.3 is 20.0 Å². The van der Waals surface area contributed by atoms with E-state index in [1.165, 1.54) is 18.2 Å². The Morgan fingerprint density at radius 1 is 1.07 bits per heavy atom. The van der Waals surface area contributed by atoms with Crippen LogP contribution in [0.15, 0.2) is 63.8 Å². The summed E-state index contributed by atoms with van der Waals surface area (Å²) in [6.45, 7) is 2.00. The molecular weight excluding hydrogens is 358 g/mol. The molecule has 2 aromatic carbocycles. The third-order valence-electron chi connectivity index (χ3n) is 4.53. The molecule has 4 rings (SSSR count). The van der Waals surface area contributed by atoms with E-state index in [1.807, 2.05) is 6.07 Å². The lowest BCUT2D eigenvalue weighted by Crippen LogP contribution is -2.40. The summed E-state index contributed by atoms with van der Waals surface area (Å²) in [6, 6.07) is 14.6. The van der Waals surface area contributed by atoms with E-state index < -0.39 is 5.97 Å². The highest BCUT2D eigenvalue weighted by Crippen LogP contribution is 2.42. The second kappa shape index (κ2) is 6.83. The molecular formula is C22H18NO5+. The molecule has 1 heterocycles. The molecule has 0 saturated carbocycles. The summed E-state index contributed by atoms with van der Waals surface area (Å²) < 4.78 is 11.1. The molecule has 2 aliphatic rings. The minimum Gasteiger partial charge on any atom is -0.508 e. The Labute approximate surface area is 160 Å². The van der Waals surface area contributed by atoms with Crippen molar-refractivity contribution < 1.29 is 24.8 Å². The number of benzene rings is 3. The topological polar surface area (TPSA) is 104 Å². The first-order valence-corrected chi connectivity index (χ1v) is 8.81. The normalized spacial score (nSPS) is 11.1. The number of phenols is 1. The van der Waals surface area contributed by atoms with Crippen molar-refractivity contribution in [2.75, 3.05) is 6.61 Å². The van der Waals surface area contributed by atoms with Gasteiger partial charge in [0, 0.05) is 34.7 Å². The molecule has 0 fully saturated rings. The van der Waals surface area contributed by atoms with Gasteiger partial charge in [-0.3, -0.25) is 4.79 Å². The molecule has 0 bridgehead atoms. The van der Waals surface area contributed by atoms with E-state index in [0.29, 0.717) is 39.1 Å². The molecule has 2 aromatic rings. The predicted octanol–water partition coefficient (Wildman–Crippen LogP) is 3.32. The average molecular weight is 376 g/mol. The van der Waals surface area contributed by atoms with Crippen LogP contribution in [0.25, 0.3) is 33.4 Å². The summed E-state index contributed by atoms with van der Waals surface area (Å²) in [5.41, 5.74) is 7.22. The molecule has 0 unspecified atom stereocenters. The maximum absolute atomic E-state index is 12.6. The van der Waals surface area contributed by atoms with Crippen molar-refractivity contribution >= 4 is 22.6 Å². The molecule has 4 N–H and O–H groups in total. The Kier molecular flexibility index (Phi) is 4.33. The van der Waals surface area contributed by atoms with E-state index >= 15 is 0 Å². The van der Waals surface area contributed by atoms with Crippen LogP contribution < -0.4 is 11.2 Å². The van der Waals surface area contributed by atoms with Gasteiger partial charge in [0.25, 0.3) is 0 Å². The van der Waals surface area contributed by atoms with Gasteiger partial charge in [0.2, 0.25) is 0 Å². The van der Waals surface area contributed by atoms with Gasteiger partial charge in [0.05, 0.1) is 12.2 Å². The zero-order valence-electron chi connectivity index (χ0n) is 15.2. The molecule has 140 valence electrons. The largest absolute Gasteiger partial charge is 0.508 e. The number of hydrogen-bond acceptors (Lipinski definition) is 5. The minimum atomic E-state index is -0.454. The van der Waals surface area contributed by atoms with Gasteiger partial charge >= 0.3 is 5.97 Å². The van der Waals surface area contributed by atoms with Crippen LogP contribution >= 0.6 is 0 Å². The quantitative estimate of drug-likeness (QED) is 0.422. The predicted molar refractivity (Wildman–Crippen MR) is 105 cm³/mol. The summed E-state index contributed by atoms with van der Waals surface area (Å²) in [4.78, 5) is 24.5. The number of ether oxygens (including phenoxy) is 1. The number of aromatic hydroxyl groups is 1. The van der Waals surface area contributed by atoms with Gasteiger partial charge in [0.15, 0.2) is 5.43 Å². The molecule has 0 radical (unpaired) electrons. The Morgan fingerprint density at radius 2 is 1.86 bits per heavy atom. The Hall–Kier alpha value is -3.64. The number of phenolic OH excluding ortho intramolecular Hbond substituents is 1. The third kappa shape index (κ3) is 3.00. The second-order valence-corrected chi connectivity index (χ2v) is 6.42. The Morgan fingerprint density at radius 3 is 2.64 bits per heavy atom. The van der Waals surface area contributed by atoms with Crippen molar-refractivity contribution in [1.29, 1.82) is 0 Å². The van der Waals surface area contributed by atoms with Gasteiger partial charge in [-0.2, -0.15) is 0 Å². The van der Waals surface area contributed by atoms with E-state index in [2.05, 4.69) is 5.73 Å². The third-order valence-corrected chi connectivity index (χ3v) is 4.53. The molecule has 0 aromatic heterocycles. The number of fused-ring (bicyclic) bond motifs is 2. The van der Waals surface area contributed by atoms with E-state index in [4.69, 9.17) is 9.15 Å². The lowest BCUT2D eigenvalue weighted by Gasteiger charge is -2.17. The molecule has 0 amide bonds. The maximum atomic E-state index is 12.6. The summed E-state index contributed by atoms with van der Waals surface area (Å²) in [7, 11) is 0. The number of hydrogen-bond donors (Lipinski definition) is 2. The van der Waals surface area contributed by atoms with Crippen LogP contribution in [0.2, 0.25) is 0 Å². The van der Waals surface area contributed by atoms with E-state index in [0.717, 1.165) is 5.56 Å². The fraction of sp³-hybridized carbons (Fsp3) is 0.0909. The zero-order valence-corrected chi connectivity index (χ0v) is 15.2. The second-order valence-electron chi connectivity index (χ2n) is 6.42. The van der Waals surface area contributed by atoms with Crippen LogP contribution in [-0.2, 0) is 4.74 Å². The highest BCUT2D eigenvalue weighted by atomic mass is 16.5. The van der Waals surface area contributed by atoms with E-state index in [1.54, 1.807) is 37.3 Å². The van der Waals surface area contributed by atoms with Gasteiger partial charge in [0.1, 0.15) is 22.8 Å². The number of quaternary nitrogens is 1. The van der Waals surface area contributed by atoms with Crippen LogP contribution in [0.4, 0.5) is 5.69 Å². The number of carbonyl (C=O) groups is 1. The summed E-state index contributed by atoms with van der Waals surface area (Å²) in [6.07, 6.45) is 0. The minimum absolute atomic E-state index is 0.0403. The van der Waals surface area contributed by atoms with Gasteiger partial charge in [-0.1, -0.05) is 0 Å². The fourth-order valence-corrected chi connectivity index (χ4v) is 3.34. The van der Waals surface area contributed by atoms with Crippen LogP contribution in [0.5, 0.6) is 5.75 Å². The van der Waals surface area contributed by atoms with Crippen molar-refractivity contribution in [2.24, 2.45) is 0 Å². The SMILES string of the molecule is CCOC(=O)c1cc([NH3+])ccc1-c1c2ccc(=O)cc-2oc2cc(O)ccc12. The monoisotopic (exact) mass is 376 g/mol. The number of esters is 1. The van der Waals surface area contributed by atoms with Crippen molar-refractivity contribution in [2.45, 2.75) is 6.92 Å². The lowest BCUT2D eigenvalue weighted by atomic mass is 9.90. The maximum Gasteiger partial charge on any atom is 0.338 e. The fourth-order valence-electron chi connectivity index (χ4n) is 3.34. The molecule has 1 aliphatic carbocycles. The van der Waals surface area contributed by atoms with Crippen molar-refractivity contribution in [3.05, 3.63) is 70.4 Å². The van der Waals surface area contributed by atoms with Crippen LogP contribution in [0.3, 0.4) is 0 Å². The van der Waals surface area contributed by atoms with Crippen molar-refractivity contribution in [1.82, 2.24) is 0 Å². The molecule has 0 saturated heterocycles. The van der Waals surface area contributed by atoms with Crippen LogP contribution in [-0.4, -0.2) is 17.7 Å². The summed E-state index contributed by atoms with van der Waals surface area (Å²) >= 11 is 0. The highest BCUT2D eigenvalue weighted by molar-refractivity contribution is 6.08. The van der Waals surface area contributed by atoms with Gasteiger partial charge in [-0.05, 0) is 48.9 Å². The van der Waals surface area contributed by atoms with E-state index in [-0.39, 0.29) is 17.8 Å². The molecule has 6 heteroatoms. The standard InChI is InChI=1S/C22H17NO5/c1-2-27-22(26)18-9-12(23)3-6-15(18)21-16-7-4-13(24)10-19(16)28-20-11-14(25)5-8-17(20)21/h3-11,24H,2,23H2,1H3/p+1. The average Bonchev–Trinajstić information content (AvgIpc) is 2.66. The first kappa shape index (κ1) is 17.8. The molecule has 1 aliphatic heterocycles. The van der Waals surface area contributed by atoms with Crippen LogP contribution in [0.1, 0.15) is 17.3 Å². The smallest absolute Gasteiger partial charge is 0.338 e. The van der Waals surface area contributed by atoms with Gasteiger partial charge in [-0.25, -0.2) is 4.79 Å². The Bertz CT molecular complexity index is 1240. The molecule has 6 nitrogen and oxygen atoms in total. The highest BCUT2D eigenvalue weighted by Gasteiger charge is 2.23.